The van der Waals surface area contributed by atoms with Gasteiger partial charge in [0.05, 0.1) is 6.21 Å². The van der Waals surface area contributed by atoms with Crippen molar-refractivity contribution in [3.05, 3.63) is 47.5 Å². The molecule has 0 amide bonds. The summed E-state index contributed by atoms with van der Waals surface area (Å²) < 4.78 is 0. The number of nitrogens with zero attached hydrogens (tertiary/aromatic N) is 1. The van der Waals surface area contributed by atoms with Gasteiger partial charge in [-0.2, -0.15) is 5.10 Å². The SMILES string of the molecule is N=C(N)N/N=C\c1ccccc1C1CC1.O=C(O)/C=C\C(=O)O. The number of hydrogen-bond donors (Lipinski definition) is 5. The van der Waals surface area contributed by atoms with E-state index in [0.717, 1.165) is 5.56 Å². The second-order valence-electron chi connectivity index (χ2n) is 4.70. The van der Waals surface area contributed by atoms with Crippen LogP contribution in [0.3, 0.4) is 0 Å². The molecule has 0 aliphatic heterocycles. The first-order valence-corrected chi connectivity index (χ1v) is 6.76. The van der Waals surface area contributed by atoms with Crippen molar-refractivity contribution in [2.24, 2.45) is 10.8 Å². The Balaban J connectivity index is 0.000000284. The fourth-order valence-corrected chi connectivity index (χ4v) is 1.71. The van der Waals surface area contributed by atoms with Gasteiger partial charge in [-0.05, 0) is 29.9 Å². The van der Waals surface area contributed by atoms with Gasteiger partial charge in [0.25, 0.3) is 0 Å². The summed E-state index contributed by atoms with van der Waals surface area (Å²) in [7, 11) is 0. The predicted octanol–water partition coefficient (Wildman–Crippen LogP) is 1.09. The fourth-order valence-electron chi connectivity index (χ4n) is 1.71. The van der Waals surface area contributed by atoms with Crippen LogP contribution in [0.5, 0.6) is 0 Å². The summed E-state index contributed by atoms with van der Waals surface area (Å²) in [5.74, 6) is -1.96. The number of carboxylic acid groups (broad SMARTS) is 2. The number of aliphatic carboxylic acids is 2. The van der Waals surface area contributed by atoms with Gasteiger partial charge in [0.2, 0.25) is 5.96 Å². The molecule has 8 nitrogen and oxygen atoms in total. The van der Waals surface area contributed by atoms with Gasteiger partial charge in [0.15, 0.2) is 0 Å². The van der Waals surface area contributed by atoms with E-state index in [9.17, 15) is 9.59 Å². The van der Waals surface area contributed by atoms with E-state index in [4.69, 9.17) is 21.4 Å². The van der Waals surface area contributed by atoms with Crippen molar-refractivity contribution in [2.75, 3.05) is 0 Å². The minimum absolute atomic E-state index is 0.143. The monoisotopic (exact) mass is 318 g/mol. The van der Waals surface area contributed by atoms with E-state index in [0.29, 0.717) is 18.1 Å². The van der Waals surface area contributed by atoms with Crippen LogP contribution in [0.2, 0.25) is 0 Å². The van der Waals surface area contributed by atoms with Crippen LogP contribution >= 0.6 is 0 Å². The molecular formula is C15H18N4O4. The van der Waals surface area contributed by atoms with Gasteiger partial charge in [-0.3, -0.25) is 5.41 Å². The molecule has 0 spiro atoms. The number of hydrazone groups is 1. The zero-order valence-electron chi connectivity index (χ0n) is 12.3. The molecule has 1 fully saturated rings. The van der Waals surface area contributed by atoms with E-state index in [1.807, 2.05) is 18.2 Å². The number of guanidine groups is 1. The minimum Gasteiger partial charge on any atom is -0.478 e. The Hall–Kier alpha value is -3.16. The molecular weight excluding hydrogens is 300 g/mol. The molecule has 8 heteroatoms. The number of benzene rings is 1. The lowest BCUT2D eigenvalue weighted by atomic mass is 10.0. The summed E-state index contributed by atoms with van der Waals surface area (Å²) in [4.78, 5) is 19.1. The van der Waals surface area contributed by atoms with Crippen LogP contribution in [-0.4, -0.2) is 34.3 Å². The van der Waals surface area contributed by atoms with E-state index >= 15 is 0 Å². The van der Waals surface area contributed by atoms with Crippen LogP contribution in [0.4, 0.5) is 0 Å². The lowest BCUT2D eigenvalue weighted by molar-refractivity contribution is -0.134. The second kappa shape index (κ2) is 8.98. The molecule has 1 saturated carbocycles. The van der Waals surface area contributed by atoms with Gasteiger partial charge >= 0.3 is 11.9 Å². The molecule has 0 heterocycles. The molecule has 1 aromatic rings. The first-order valence-electron chi connectivity index (χ1n) is 6.76. The van der Waals surface area contributed by atoms with Crippen LogP contribution in [0.15, 0.2) is 41.5 Å². The second-order valence-corrected chi connectivity index (χ2v) is 4.70. The third kappa shape index (κ3) is 8.00. The van der Waals surface area contributed by atoms with Crippen LogP contribution in [-0.2, 0) is 9.59 Å². The Bertz CT molecular complexity index is 620. The van der Waals surface area contributed by atoms with Crippen LogP contribution in [0.25, 0.3) is 0 Å². The third-order valence-electron chi connectivity index (χ3n) is 2.77. The molecule has 1 aliphatic rings. The smallest absolute Gasteiger partial charge is 0.328 e. The minimum atomic E-state index is -1.26. The average Bonchev–Trinajstić information content (AvgIpc) is 3.30. The highest BCUT2D eigenvalue weighted by molar-refractivity contribution is 5.89. The van der Waals surface area contributed by atoms with Crippen molar-refractivity contribution >= 4 is 24.1 Å². The van der Waals surface area contributed by atoms with Gasteiger partial charge in [-0.25, -0.2) is 15.0 Å². The molecule has 0 unspecified atom stereocenters. The highest BCUT2D eigenvalue weighted by Crippen LogP contribution is 2.41. The fraction of sp³-hybridized carbons (Fsp3) is 0.200. The Labute approximate surface area is 132 Å². The standard InChI is InChI=1S/C11H14N4.C4H4O4/c12-11(13)15-14-7-9-3-1-2-4-10(9)8-5-6-8;5-3(6)1-2-4(7)8/h1-4,7-8H,5-6H2,(H4,12,13,15);1-2H,(H,5,6)(H,7,8)/b14-7-;2-1-. The van der Waals surface area contributed by atoms with E-state index in [2.05, 4.69) is 16.6 Å². The Kier molecular flexibility index (Phi) is 6.99. The van der Waals surface area contributed by atoms with Crippen molar-refractivity contribution < 1.29 is 19.8 Å². The van der Waals surface area contributed by atoms with Gasteiger partial charge in [-0.15, -0.1) is 0 Å². The highest BCUT2D eigenvalue weighted by atomic mass is 16.4. The Morgan fingerprint density at radius 1 is 1.22 bits per heavy atom. The van der Waals surface area contributed by atoms with E-state index in [-0.39, 0.29) is 5.96 Å². The van der Waals surface area contributed by atoms with Crippen LogP contribution in [0, 0.1) is 5.41 Å². The van der Waals surface area contributed by atoms with E-state index < -0.39 is 11.9 Å². The molecule has 0 atom stereocenters. The van der Waals surface area contributed by atoms with E-state index in [1.165, 1.54) is 18.4 Å². The Morgan fingerprint density at radius 3 is 2.26 bits per heavy atom. The summed E-state index contributed by atoms with van der Waals surface area (Å²) in [5, 5.41) is 26.5. The molecule has 2 rings (SSSR count). The number of hydrogen-bond acceptors (Lipinski definition) is 4. The summed E-state index contributed by atoms with van der Waals surface area (Å²) in [6, 6.07) is 8.19. The Morgan fingerprint density at radius 2 is 1.78 bits per heavy atom. The maximum Gasteiger partial charge on any atom is 0.328 e. The lowest BCUT2D eigenvalue weighted by Crippen LogP contribution is -2.25. The van der Waals surface area contributed by atoms with Crippen molar-refractivity contribution in [1.82, 2.24) is 5.43 Å². The molecule has 6 N–H and O–H groups in total. The molecule has 0 bridgehead atoms. The van der Waals surface area contributed by atoms with Crippen molar-refractivity contribution in [2.45, 2.75) is 18.8 Å². The van der Waals surface area contributed by atoms with Gasteiger partial charge in [0.1, 0.15) is 0 Å². The molecule has 1 aliphatic carbocycles. The highest BCUT2D eigenvalue weighted by Gasteiger charge is 2.24. The van der Waals surface area contributed by atoms with Crippen molar-refractivity contribution in [3.8, 4) is 0 Å². The number of carbonyl (C=O) groups is 2. The summed E-state index contributed by atoms with van der Waals surface area (Å²) >= 11 is 0. The van der Waals surface area contributed by atoms with Gasteiger partial charge in [-0.1, -0.05) is 24.3 Å². The number of rotatable bonds is 5. The lowest BCUT2D eigenvalue weighted by Gasteiger charge is -2.02. The molecule has 1 aromatic carbocycles. The third-order valence-corrected chi connectivity index (χ3v) is 2.77. The van der Waals surface area contributed by atoms with Gasteiger partial charge in [0, 0.05) is 12.2 Å². The molecule has 23 heavy (non-hydrogen) atoms. The molecule has 0 saturated heterocycles. The number of carboxylic acids is 2. The summed E-state index contributed by atoms with van der Waals surface area (Å²) in [6.07, 6.45) is 5.37. The zero-order valence-corrected chi connectivity index (χ0v) is 12.3. The molecule has 122 valence electrons. The summed E-state index contributed by atoms with van der Waals surface area (Å²) in [5.41, 5.74) is 9.98. The first kappa shape index (κ1) is 17.9. The predicted molar refractivity (Wildman–Crippen MR) is 85.5 cm³/mol. The van der Waals surface area contributed by atoms with Crippen molar-refractivity contribution in [3.63, 3.8) is 0 Å². The maximum atomic E-state index is 9.55. The van der Waals surface area contributed by atoms with Crippen LogP contribution in [0.1, 0.15) is 29.9 Å². The molecule has 0 aromatic heterocycles. The normalized spacial score (nSPS) is 13.4. The number of nitrogens with two attached hydrogens (primary N) is 1. The van der Waals surface area contributed by atoms with Crippen molar-refractivity contribution in [1.29, 1.82) is 5.41 Å². The van der Waals surface area contributed by atoms with Crippen LogP contribution < -0.4 is 11.2 Å². The topological polar surface area (TPSA) is 149 Å². The number of nitrogens with one attached hydrogen (secondary N) is 2. The summed E-state index contributed by atoms with van der Waals surface area (Å²) in [6.45, 7) is 0. The quantitative estimate of drug-likeness (QED) is 0.237. The average molecular weight is 318 g/mol. The van der Waals surface area contributed by atoms with Gasteiger partial charge < -0.3 is 15.9 Å². The molecule has 0 radical (unpaired) electrons. The first-order chi connectivity index (χ1) is 10.9. The largest absolute Gasteiger partial charge is 0.478 e. The van der Waals surface area contributed by atoms with E-state index in [1.54, 1.807) is 6.21 Å². The zero-order chi connectivity index (χ0) is 17.2. The maximum absolute atomic E-state index is 9.55.